The van der Waals surface area contributed by atoms with Gasteiger partial charge in [-0.2, -0.15) is 0 Å². The van der Waals surface area contributed by atoms with Crippen LogP contribution in [0, 0.1) is 5.82 Å². The van der Waals surface area contributed by atoms with E-state index in [0.29, 0.717) is 27.1 Å². The Morgan fingerprint density at radius 2 is 1.80 bits per heavy atom. The average Bonchev–Trinajstić information content (AvgIpc) is 3.11. The van der Waals surface area contributed by atoms with Gasteiger partial charge in [-0.25, -0.2) is 4.39 Å². The van der Waals surface area contributed by atoms with Gasteiger partial charge >= 0.3 is 0 Å². The molecular formula is C26H19BrFNO5S. The third-order valence-corrected chi connectivity index (χ3v) is 6.61. The number of ether oxygens (including phenoxy) is 2. The van der Waals surface area contributed by atoms with Gasteiger partial charge in [0.25, 0.3) is 11.1 Å². The zero-order valence-corrected chi connectivity index (χ0v) is 20.9. The molecular weight excluding hydrogens is 537 g/mol. The number of halogens is 2. The van der Waals surface area contributed by atoms with Crippen LogP contribution in [0.2, 0.25) is 0 Å². The number of carbonyl (C=O) groups excluding carboxylic acids is 3. The molecule has 0 aliphatic carbocycles. The predicted octanol–water partition coefficient (Wildman–Crippen LogP) is 6.10. The van der Waals surface area contributed by atoms with Gasteiger partial charge in [-0.3, -0.25) is 19.3 Å². The Morgan fingerprint density at radius 1 is 1.09 bits per heavy atom. The molecule has 0 unspecified atom stereocenters. The normalized spacial score (nSPS) is 14.5. The Balaban J connectivity index is 1.51. The van der Waals surface area contributed by atoms with Crippen molar-refractivity contribution in [3.8, 4) is 11.5 Å². The number of Topliss-reactive ketones (excluding diaryl/α,β-unsaturated/α-hetero) is 1. The monoisotopic (exact) mass is 555 g/mol. The first kappa shape index (κ1) is 24.7. The van der Waals surface area contributed by atoms with Gasteiger partial charge in [0.05, 0.1) is 23.0 Å². The Morgan fingerprint density at radius 3 is 2.49 bits per heavy atom. The quantitative estimate of drug-likeness (QED) is 0.247. The van der Waals surface area contributed by atoms with Crippen LogP contribution in [0.5, 0.6) is 11.5 Å². The molecule has 0 radical (unpaired) electrons. The molecule has 1 fully saturated rings. The average molecular weight is 556 g/mol. The minimum absolute atomic E-state index is 0.197. The summed E-state index contributed by atoms with van der Waals surface area (Å²) in [7, 11) is 1.49. The summed E-state index contributed by atoms with van der Waals surface area (Å²) >= 11 is 4.24. The lowest BCUT2D eigenvalue weighted by Crippen LogP contribution is -2.33. The molecule has 6 nitrogen and oxygen atoms in total. The predicted molar refractivity (Wildman–Crippen MR) is 135 cm³/mol. The maximum Gasteiger partial charge on any atom is 0.293 e. The molecule has 9 heteroatoms. The summed E-state index contributed by atoms with van der Waals surface area (Å²) in [6.07, 6.45) is 1.56. The molecule has 2 amide bonds. The van der Waals surface area contributed by atoms with Crippen molar-refractivity contribution in [2.24, 2.45) is 0 Å². The van der Waals surface area contributed by atoms with Crippen molar-refractivity contribution in [2.45, 2.75) is 6.61 Å². The molecule has 3 aromatic rings. The lowest BCUT2D eigenvalue weighted by Gasteiger charge is -2.14. The summed E-state index contributed by atoms with van der Waals surface area (Å²) in [5, 5.41) is -0.504. The van der Waals surface area contributed by atoms with E-state index in [2.05, 4.69) is 15.9 Å². The molecule has 3 aromatic carbocycles. The Hall–Kier alpha value is -3.43. The lowest BCUT2D eigenvalue weighted by atomic mass is 10.1. The molecule has 1 heterocycles. The third-order valence-electron chi connectivity index (χ3n) is 5.12. The fourth-order valence-corrected chi connectivity index (χ4v) is 4.76. The number of hydrogen-bond donors (Lipinski definition) is 0. The van der Waals surface area contributed by atoms with Gasteiger partial charge in [0, 0.05) is 5.56 Å². The molecule has 0 bridgehead atoms. The molecule has 0 saturated carbocycles. The van der Waals surface area contributed by atoms with Crippen LogP contribution in [0.4, 0.5) is 9.18 Å². The molecule has 0 atom stereocenters. The second kappa shape index (κ2) is 10.9. The summed E-state index contributed by atoms with van der Waals surface area (Å²) in [6, 6.07) is 17.9. The highest BCUT2D eigenvalue weighted by molar-refractivity contribution is 9.10. The van der Waals surface area contributed by atoms with Crippen molar-refractivity contribution < 1.29 is 28.2 Å². The number of thioether (sulfide) groups is 1. The van der Waals surface area contributed by atoms with Crippen molar-refractivity contribution in [2.75, 3.05) is 13.7 Å². The van der Waals surface area contributed by atoms with E-state index in [0.717, 1.165) is 22.2 Å². The van der Waals surface area contributed by atoms with E-state index in [1.807, 2.05) is 0 Å². The topological polar surface area (TPSA) is 72.9 Å². The highest BCUT2D eigenvalue weighted by Crippen LogP contribution is 2.39. The van der Waals surface area contributed by atoms with Gasteiger partial charge in [0.2, 0.25) is 0 Å². The van der Waals surface area contributed by atoms with Gasteiger partial charge < -0.3 is 9.47 Å². The van der Waals surface area contributed by atoms with Crippen LogP contribution in [0.3, 0.4) is 0 Å². The van der Waals surface area contributed by atoms with E-state index in [1.165, 1.54) is 19.2 Å². The van der Waals surface area contributed by atoms with Crippen LogP contribution >= 0.6 is 27.7 Å². The van der Waals surface area contributed by atoms with Crippen LogP contribution in [-0.2, 0) is 11.4 Å². The molecule has 35 heavy (non-hydrogen) atoms. The van der Waals surface area contributed by atoms with Crippen molar-refractivity contribution in [1.82, 2.24) is 4.90 Å². The molecule has 4 rings (SSSR count). The number of carbonyl (C=O) groups is 3. The number of hydrogen-bond acceptors (Lipinski definition) is 6. The highest BCUT2D eigenvalue weighted by Gasteiger charge is 2.36. The molecule has 0 spiro atoms. The third kappa shape index (κ3) is 5.80. The zero-order valence-electron chi connectivity index (χ0n) is 18.5. The van der Waals surface area contributed by atoms with E-state index in [9.17, 15) is 18.8 Å². The maximum absolute atomic E-state index is 13.1. The largest absolute Gasteiger partial charge is 0.493 e. The maximum atomic E-state index is 13.1. The Bertz CT molecular complexity index is 1310. The van der Waals surface area contributed by atoms with Crippen molar-refractivity contribution >= 4 is 50.7 Å². The first-order chi connectivity index (χ1) is 16.9. The molecule has 0 aromatic heterocycles. The number of methoxy groups -OCH3 is 1. The fraction of sp³-hybridized carbons (Fsp3) is 0.115. The summed E-state index contributed by atoms with van der Waals surface area (Å²) < 4.78 is 25.0. The summed E-state index contributed by atoms with van der Waals surface area (Å²) in [6.45, 7) is -0.127. The van der Waals surface area contributed by atoms with Crippen molar-refractivity contribution in [3.05, 3.63) is 98.6 Å². The smallest absolute Gasteiger partial charge is 0.293 e. The number of amides is 2. The van der Waals surface area contributed by atoms with E-state index >= 15 is 0 Å². The molecule has 1 aliphatic rings. The summed E-state index contributed by atoms with van der Waals surface area (Å²) in [5.41, 5.74) is 1.81. The summed E-state index contributed by atoms with van der Waals surface area (Å²) in [5.74, 6) is -0.329. The SMILES string of the molecule is COc1cc(/C=C2/SC(=O)N(CC(=O)c3ccccc3)C2=O)cc(Br)c1OCc1ccc(F)cc1. The molecule has 1 saturated heterocycles. The van der Waals surface area contributed by atoms with Gasteiger partial charge in [-0.05, 0) is 69.2 Å². The zero-order chi connectivity index (χ0) is 24.9. The minimum Gasteiger partial charge on any atom is -0.493 e. The molecule has 0 N–H and O–H groups in total. The first-order valence-corrected chi connectivity index (χ1v) is 12.0. The summed E-state index contributed by atoms with van der Waals surface area (Å²) in [4.78, 5) is 38.9. The molecule has 178 valence electrons. The fourth-order valence-electron chi connectivity index (χ4n) is 3.35. The number of benzene rings is 3. The highest BCUT2D eigenvalue weighted by atomic mass is 79.9. The van der Waals surface area contributed by atoms with Gasteiger partial charge in [0.1, 0.15) is 12.4 Å². The van der Waals surface area contributed by atoms with Gasteiger partial charge in [0.15, 0.2) is 17.3 Å². The van der Waals surface area contributed by atoms with E-state index in [-0.39, 0.29) is 29.7 Å². The second-order valence-corrected chi connectivity index (χ2v) is 9.35. The van der Waals surface area contributed by atoms with Crippen LogP contribution in [-0.4, -0.2) is 35.5 Å². The number of rotatable bonds is 8. The van der Waals surface area contributed by atoms with Crippen LogP contribution < -0.4 is 9.47 Å². The standard InChI is InChI=1S/C26H19BrFNO5S/c1-33-22-12-17(11-20(27)24(22)34-15-16-7-9-19(28)10-8-16)13-23-25(31)29(26(32)35-23)14-21(30)18-5-3-2-4-6-18/h2-13H,14-15H2,1H3/b23-13+. The second-order valence-electron chi connectivity index (χ2n) is 7.51. The number of nitrogens with zero attached hydrogens (tertiary/aromatic N) is 1. The molecule has 1 aliphatic heterocycles. The van der Waals surface area contributed by atoms with E-state index in [1.54, 1.807) is 60.7 Å². The van der Waals surface area contributed by atoms with Crippen LogP contribution in [0.25, 0.3) is 6.08 Å². The van der Waals surface area contributed by atoms with E-state index < -0.39 is 11.1 Å². The Labute approximate surface area is 213 Å². The number of imide groups is 1. The van der Waals surface area contributed by atoms with Crippen LogP contribution in [0.1, 0.15) is 21.5 Å². The minimum atomic E-state index is -0.531. The van der Waals surface area contributed by atoms with Crippen molar-refractivity contribution in [3.63, 3.8) is 0 Å². The van der Waals surface area contributed by atoms with Gasteiger partial charge in [-0.1, -0.05) is 42.5 Å². The van der Waals surface area contributed by atoms with Crippen molar-refractivity contribution in [1.29, 1.82) is 0 Å². The van der Waals surface area contributed by atoms with Crippen LogP contribution in [0.15, 0.2) is 76.1 Å². The number of ketones is 1. The Kier molecular flexibility index (Phi) is 7.67. The lowest BCUT2D eigenvalue weighted by molar-refractivity contribution is -0.122. The van der Waals surface area contributed by atoms with Gasteiger partial charge in [-0.15, -0.1) is 0 Å². The van der Waals surface area contributed by atoms with E-state index in [4.69, 9.17) is 9.47 Å². The first-order valence-electron chi connectivity index (χ1n) is 10.4.